The summed E-state index contributed by atoms with van der Waals surface area (Å²) in [6.07, 6.45) is 4.32. The Labute approximate surface area is 106 Å². The van der Waals surface area contributed by atoms with E-state index in [0.29, 0.717) is 12.2 Å². The second-order valence-electron chi connectivity index (χ2n) is 4.97. The van der Waals surface area contributed by atoms with Crippen LogP contribution in [0.3, 0.4) is 0 Å². The molecule has 1 aliphatic heterocycles. The van der Waals surface area contributed by atoms with E-state index in [2.05, 4.69) is 12.3 Å². The highest BCUT2D eigenvalue weighted by Crippen LogP contribution is 2.51. The third-order valence-electron chi connectivity index (χ3n) is 3.47. The molecule has 6 heteroatoms. The molecule has 2 atom stereocenters. The first-order valence-electron chi connectivity index (χ1n) is 6.31. The van der Waals surface area contributed by atoms with E-state index in [-0.39, 0.29) is 12.5 Å². The van der Waals surface area contributed by atoms with Crippen LogP contribution in [0.15, 0.2) is 11.9 Å². The van der Waals surface area contributed by atoms with E-state index in [1.165, 1.54) is 4.90 Å². The number of rotatable bonds is 6. The van der Waals surface area contributed by atoms with Crippen LogP contribution in [-0.2, 0) is 4.79 Å². The molecule has 0 aromatic heterocycles. The number of nitrogens with one attached hydrogen (secondary N) is 1. The van der Waals surface area contributed by atoms with Gasteiger partial charge in [0.1, 0.15) is 5.82 Å². The molecule has 2 rings (SSSR count). The molecule has 102 valence electrons. The van der Waals surface area contributed by atoms with Crippen molar-refractivity contribution in [1.29, 1.82) is 0 Å². The average Bonchev–Trinajstić information content (AvgIpc) is 2.80. The van der Waals surface area contributed by atoms with Crippen LogP contribution in [-0.4, -0.2) is 41.9 Å². The van der Waals surface area contributed by atoms with Crippen LogP contribution < -0.4 is 5.43 Å². The van der Waals surface area contributed by atoms with Crippen LogP contribution in [0.5, 0.6) is 0 Å². The Balaban J connectivity index is 2.04. The van der Waals surface area contributed by atoms with E-state index < -0.39 is 11.8 Å². The lowest BCUT2D eigenvalue weighted by molar-refractivity contribution is -0.116. The molecule has 1 heterocycles. The normalized spacial score (nSPS) is 29.1. The number of halogens is 2. The zero-order chi connectivity index (χ0) is 13.3. The molecule has 0 spiro atoms. The number of hydrogen-bond donors (Lipinski definition) is 1. The summed E-state index contributed by atoms with van der Waals surface area (Å²) in [5, 5.41) is 1.80. The van der Waals surface area contributed by atoms with Gasteiger partial charge in [-0.05, 0) is 12.5 Å². The van der Waals surface area contributed by atoms with Crippen molar-refractivity contribution < 1.29 is 13.6 Å². The third kappa shape index (κ3) is 2.48. The Hall–Kier alpha value is -1.17. The lowest BCUT2D eigenvalue weighted by Gasteiger charge is -2.26. The van der Waals surface area contributed by atoms with Crippen LogP contribution in [0.1, 0.15) is 26.2 Å². The molecule has 4 nitrogen and oxygen atoms in total. The monoisotopic (exact) mass is 259 g/mol. The molecule has 0 aromatic carbocycles. The number of unbranched alkanes of at least 4 members (excludes halogenated alkanes) is 1. The smallest absolute Gasteiger partial charge is 0.253 e. The Bertz CT molecular complexity index is 359. The molecular weight excluding hydrogens is 240 g/mol. The van der Waals surface area contributed by atoms with Gasteiger partial charge in [0.05, 0.1) is 6.04 Å². The number of carbonyl (C=O) groups excluding carboxylic acids is 1. The van der Waals surface area contributed by atoms with Gasteiger partial charge >= 0.3 is 0 Å². The fraction of sp³-hybridized carbons (Fsp3) is 0.750. The maximum Gasteiger partial charge on any atom is 0.253 e. The van der Waals surface area contributed by atoms with Gasteiger partial charge in [0.25, 0.3) is 5.92 Å². The molecular formula is C12H19F2N3O. The van der Waals surface area contributed by atoms with Gasteiger partial charge in [-0.2, -0.15) is 0 Å². The highest BCUT2D eigenvalue weighted by atomic mass is 19.3. The largest absolute Gasteiger partial charge is 0.303 e. The zero-order valence-electron chi connectivity index (χ0n) is 10.7. The van der Waals surface area contributed by atoms with Crippen molar-refractivity contribution in [3.05, 3.63) is 11.9 Å². The zero-order valence-corrected chi connectivity index (χ0v) is 10.7. The van der Waals surface area contributed by atoms with Gasteiger partial charge in [0.2, 0.25) is 6.41 Å². The molecule has 1 N–H and O–H groups in total. The number of hydrazine groups is 1. The Morgan fingerprint density at radius 3 is 2.83 bits per heavy atom. The summed E-state index contributed by atoms with van der Waals surface area (Å²) < 4.78 is 26.1. The van der Waals surface area contributed by atoms with Crippen LogP contribution in [0, 0.1) is 5.92 Å². The Morgan fingerprint density at radius 2 is 2.33 bits per heavy atom. The Kier molecular flexibility index (Phi) is 3.56. The van der Waals surface area contributed by atoms with Gasteiger partial charge in [0.15, 0.2) is 0 Å². The van der Waals surface area contributed by atoms with E-state index in [1.807, 2.05) is 0 Å². The number of amides is 1. The molecule has 1 aliphatic carbocycles. The summed E-state index contributed by atoms with van der Waals surface area (Å²) in [7, 11) is 1.63. The van der Waals surface area contributed by atoms with E-state index in [0.717, 1.165) is 19.4 Å². The van der Waals surface area contributed by atoms with Crippen LogP contribution >= 0.6 is 0 Å². The minimum absolute atomic E-state index is 0.0686. The summed E-state index contributed by atoms with van der Waals surface area (Å²) >= 11 is 0. The first-order chi connectivity index (χ1) is 8.49. The lowest BCUT2D eigenvalue weighted by atomic mass is 10.2. The van der Waals surface area contributed by atoms with Crippen molar-refractivity contribution in [2.75, 3.05) is 13.6 Å². The molecule has 1 amide bonds. The molecule has 2 aliphatic rings. The van der Waals surface area contributed by atoms with Crippen molar-refractivity contribution in [3.63, 3.8) is 0 Å². The molecule has 0 saturated heterocycles. The second-order valence-corrected chi connectivity index (χ2v) is 4.97. The van der Waals surface area contributed by atoms with Gasteiger partial charge < -0.3 is 4.90 Å². The maximum atomic E-state index is 13.1. The predicted molar refractivity (Wildman–Crippen MR) is 63.5 cm³/mol. The van der Waals surface area contributed by atoms with E-state index in [9.17, 15) is 13.6 Å². The first-order valence-corrected chi connectivity index (χ1v) is 6.31. The topological polar surface area (TPSA) is 35.6 Å². The molecule has 2 unspecified atom stereocenters. The molecule has 0 bridgehead atoms. The number of hydrogen-bond acceptors (Lipinski definition) is 3. The van der Waals surface area contributed by atoms with Gasteiger partial charge in [-0.1, -0.05) is 13.3 Å². The highest BCUT2D eigenvalue weighted by molar-refractivity contribution is 5.50. The van der Waals surface area contributed by atoms with E-state index in [4.69, 9.17) is 0 Å². The third-order valence-corrected chi connectivity index (χ3v) is 3.47. The fourth-order valence-corrected chi connectivity index (χ4v) is 2.22. The molecule has 18 heavy (non-hydrogen) atoms. The minimum Gasteiger partial charge on any atom is -0.303 e. The lowest BCUT2D eigenvalue weighted by Crippen LogP contribution is -2.42. The van der Waals surface area contributed by atoms with Crippen molar-refractivity contribution in [2.24, 2.45) is 5.92 Å². The van der Waals surface area contributed by atoms with Gasteiger partial charge in [-0.15, -0.1) is 0 Å². The quantitative estimate of drug-likeness (QED) is 0.735. The van der Waals surface area contributed by atoms with Gasteiger partial charge in [-0.25, -0.2) is 14.2 Å². The molecule has 0 radical (unpaired) electrons. The second kappa shape index (κ2) is 4.84. The standard InChI is InChI=1S/C12H19F2N3O/c1-3-4-5-17-11(16(2)8-18)6-10(15-17)9-7-12(9,13)14/h6,8-10,15H,3-5,7H2,1-2H3. The van der Waals surface area contributed by atoms with Crippen LogP contribution in [0.2, 0.25) is 0 Å². The van der Waals surface area contributed by atoms with Crippen LogP contribution in [0.4, 0.5) is 8.78 Å². The molecule has 1 saturated carbocycles. The molecule has 1 fully saturated rings. The van der Waals surface area contributed by atoms with Crippen LogP contribution in [0.25, 0.3) is 0 Å². The predicted octanol–water partition coefficient (Wildman–Crippen LogP) is 1.56. The number of carbonyl (C=O) groups is 1. The van der Waals surface area contributed by atoms with Crippen molar-refractivity contribution in [2.45, 2.75) is 38.2 Å². The molecule has 0 aromatic rings. The van der Waals surface area contributed by atoms with Crippen molar-refractivity contribution in [1.82, 2.24) is 15.3 Å². The average molecular weight is 259 g/mol. The van der Waals surface area contributed by atoms with Crippen molar-refractivity contribution >= 4 is 6.41 Å². The van der Waals surface area contributed by atoms with Crippen molar-refractivity contribution in [3.8, 4) is 0 Å². The highest BCUT2D eigenvalue weighted by Gasteiger charge is 2.61. The summed E-state index contributed by atoms with van der Waals surface area (Å²) in [6.45, 7) is 2.78. The summed E-state index contributed by atoms with van der Waals surface area (Å²) in [5.41, 5.74) is 3.07. The van der Waals surface area contributed by atoms with Gasteiger partial charge in [0, 0.05) is 25.9 Å². The summed E-state index contributed by atoms with van der Waals surface area (Å²) in [4.78, 5) is 12.2. The minimum atomic E-state index is -2.56. The van der Waals surface area contributed by atoms with E-state index >= 15 is 0 Å². The number of alkyl halides is 2. The first kappa shape index (κ1) is 13.3. The number of nitrogens with zero attached hydrogens (tertiary/aromatic N) is 2. The van der Waals surface area contributed by atoms with Gasteiger partial charge in [-0.3, -0.25) is 9.80 Å². The summed E-state index contributed by atoms with van der Waals surface area (Å²) in [5.74, 6) is -2.52. The summed E-state index contributed by atoms with van der Waals surface area (Å²) in [6, 6.07) is -0.366. The SMILES string of the molecule is CCCCN1NC(C2CC2(F)F)C=C1N(C)C=O. The fourth-order valence-electron chi connectivity index (χ4n) is 2.22. The maximum absolute atomic E-state index is 13.1. The Morgan fingerprint density at radius 1 is 1.67 bits per heavy atom. The van der Waals surface area contributed by atoms with E-state index in [1.54, 1.807) is 18.1 Å².